The number of hydrogen-bond donors (Lipinski definition) is 0. The molecule has 0 aromatic rings. The second-order valence-corrected chi connectivity index (χ2v) is 7.94. The van der Waals surface area contributed by atoms with Gasteiger partial charge in [-0.2, -0.15) is 0 Å². The second kappa shape index (κ2) is 12.3. The maximum absolute atomic E-state index is 5.69. The SMILES string of the molecule is CCCCCCCCC(CCC1CCC2OC2C1)C(OC)(OC)OC.O. The molecule has 0 radical (unpaired) electrons. The minimum Gasteiger partial charge on any atom is -0.412 e. The summed E-state index contributed by atoms with van der Waals surface area (Å²) in [6.07, 6.45) is 16.3. The molecule has 2 aliphatic rings. The van der Waals surface area contributed by atoms with E-state index in [1.54, 1.807) is 21.3 Å². The molecule has 2 N–H and O–H groups in total. The van der Waals surface area contributed by atoms with Gasteiger partial charge in [-0.1, -0.05) is 45.4 Å². The Morgan fingerprint density at radius 2 is 1.54 bits per heavy atom. The van der Waals surface area contributed by atoms with Crippen LogP contribution in [0, 0.1) is 11.8 Å². The molecule has 0 spiro atoms. The highest BCUT2D eigenvalue weighted by Crippen LogP contribution is 2.42. The summed E-state index contributed by atoms with van der Waals surface area (Å²) in [6, 6.07) is 0. The molecule has 2 fully saturated rings. The van der Waals surface area contributed by atoms with Crippen molar-refractivity contribution >= 4 is 0 Å². The molecule has 2 rings (SSSR count). The summed E-state index contributed by atoms with van der Waals surface area (Å²) in [7, 11) is 5.10. The van der Waals surface area contributed by atoms with Gasteiger partial charge in [-0.15, -0.1) is 0 Å². The highest BCUT2D eigenvalue weighted by Gasteiger charge is 2.45. The van der Waals surface area contributed by atoms with E-state index in [0.29, 0.717) is 12.2 Å². The summed E-state index contributed by atoms with van der Waals surface area (Å²) in [6.45, 7) is 2.26. The monoisotopic (exact) mass is 374 g/mol. The van der Waals surface area contributed by atoms with Crippen LogP contribution in [0.3, 0.4) is 0 Å². The van der Waals surface area contributed by atoms with Crippen LogP contribution in [0.25, 0.3) is 0 Å². The normalized spacial score (nSPS) is 26.1. The fourth-order valence-corrected chi connectivity index (χ4v) is 4.60. The van der Waals surface area contributed by atoms with E-state index < -0.39 is 5.97 Å². The lowest BCUT2D eigenvalue weighted by atomic mass is 9.82. The van der Waals surface area contributed by atoms with E-state index in [2.05, 4.69) is 6.92 Å². The summed E-state index contributed by atoms with van der Waals surface area (Å²) in [5.74, 6) is 0.187. The summed E-state index contributed by atoms with van der Waals surface area (Å²) in [5.41, 5.74) is 0. The van der Waals surface area contributed by atoms with Crippen molar-refractivity contribution in [2.24, 2.45) is 11.8 Å². The van der Waals surface area contributed by atoms with E-state index in [9.17, 15) is 0 Å². The van der Waals surface area contributed by atoms with E-state index in [-0.39, 0.29) is 11.4 Å². The van der Waals surface area contributed by atoms with E-state index in [4.69, 9.17) is 18.9 Å². The van der Waals surface area contributed by atoms with Gasteiger partial charge in [0.25, 0.3) is 5.97 Å². The lowest BCUT2D eigenvalue weighted by molar-refractivity contribution is -0.380. The topological polar surface area (TPSA) is 71.7 Å². The third kappa shape index (κ3) is 6.75. The number of unbranched alkanes of at least 4 members (excludes halogenated alkanes) is 5. The zero-order valence-corrected chi connectivity index (χ0v) is 17.4. The molecule has 156 valence electrons. The zero-order valence-electron chi connectivity index (χ0n) is 17.4. The van der Waals surface area contributed by atoms with Gasteiger partial charge in [-0.05, 0) is 44.4 Å². The summed E-state index contributed by atoms with van der Waals surface area (Å²) < 4.78 is 22.8. The van der Waals surface area contributed by atoms with Crippen molar-refractivity contribution in [2.45, 2.75) is 102 Å². The lowest BCUT2D eigenvalue weighted by Crippen LogP contribution is -2.44. The number of methoxy groups -OCH3 is 3. The van der Waals surface area contributed by atoms with Crippen molar-refractivity contribution in [3.63, 3.8) is 0 Å². The summed E-state index contributed by atoms with van der Waals surface area (Å²) >= 11 is 0. The van der Waals surface area contributed by atoms with Gasteiger partial charge in [-0.25, -0.2) is 0 Å². The first-order chi connectivity index (χ1) is 12.2. The van der Waals surface area contributed by atoms with Gasteiger partial charge in [0.2, 0.25) is 0 Å². The number of hydrogen-bond acceptors (Lipinski definition) is 4. The van der Waals surface area contributed by atoms with Crippen molar-refractivity contribution in [2.75, 3.05) is 21.3 Å². The minimum absolute atomic E-state index is 0. The smallest absolute Gasteiger partial charge is 0.285 e. The average molecular weight is 375 g/mol. The van der Waals surface area contributed by atoms with Gasteiger partial charge >= 0.3 is 0 Å². The molecule has 0 aromatic carbocycles. The first kappa shape index (κ1) is 23.8. The largest absolute Gasteiger partial charge is 0.412 e. The third-order valence-corrected chi connectivity index (χ3v) is 6.30. The van der Waals surface area contributed by atoms with Gasteiger partial charge in [0, 0.05) is 27.2 Å². The van der Waals surface area contributed by atoms with Crippen LogP contribution < -0.4 is 0 Å². The predicted molar refractivity (Wildman–Crippen MR) is 104 cm³/mol. The van der Waals surface area contributed by atoms with Crippen LogP contribution in [0.5, 0.6) is 0 Å². The van der Waals surface area contributed by atoms with Crippen LogP contribution in [-0.4, -0.2) is 45.0 Å². The number of epoxide rings is 1. The molecule has 5 nitrogen and oxygen atoms in total. The Morgan fingerprint density at radius 3 is 2.15 bits per heavy atom. The molecule has 26 heavy (non-hydrogen) atoms. The number of ether oxygens (including phenoxy) is 4. The van der Waals surface area contributed by atoms with Crippen molar-refractivity contribution in [3.8, 4) is 0 Å². The molecule has 1 saturated heterocycles. The van der Waals surface area contributed by atoms with E-state index in [0.717, 1.165) is 18.8 Å². The third-order valence-electron chi connectivity index (χ3n) is 6.30. The molecule has 0 amide bonds. The highest BCUT2D eigenvalue weighted by molar-refractivity contribution is 4.92. The van der Waals surface area contributed by atoms with E-state index >= 15 is 0 Å². The Bertz CT molecular complexity index is 350. The first-order valence-electron chi connectivity index (χ1n) is 10.5. The summed E-state index contributed by atoms with van der Waals surface area (Å²) in [4.78, 5) is 0. The van der Waals surface area contributed by atoms with Crippen LogP contribution in [0.4, 0.5) is 0 Å². The van der Waals surface area contributed by atoms with Gasteiger partial charge in [0.1, 0.15) is 0 Å². The van der Waals surface area contributed by atoms with Gasteiger partial charge in [0.05, 0.1) is 12.2 Å². The van der Waals surface area contributed by atoms with Crippen molar-refractivity contribution in [1.29, 1.82) is 0 Å². The van der Waals surface area contributed by atoms with Crippen LogP contribution in [0.2, 0.25) is 0 Å². The van der Waals surface area contributed by atoms with Crippen molar-refractivity contribution in [1.82, 2.24) is 0 Å². The Balaban J connectivity index is 0.00000338. The zero-order chi connectivity index (χ0) is 18.1. The molecule has 5 heteroatoms. The number of rotatable bonds is 14. The maximum Gasteiger partial charge on any atom is 0.285 e. The van der Waals surface area contributed by atoms with Crippen LogP contribution in [-0.2, 0) is 18.9 Å². The first-order valence-corrected chi connectivity index (χ1v) is 10.5. The number of fused-ring (bicyclic) bond motifs is 1. The molecule has 0 bridgehead atoms. The molecule has 1 heterocycles. The lowest BCUT2D eigenvalue weighted by Gasteiger charge is -2.37. The Morgan fingerprint density at radius 1 is 0.885 bits per heavy atom. The van der Waals surface area contributed by atoms with Gasteiger partial charge < -0.3 is 24.4 Å². The standard InChI is InChI=1S/C21H40O4.H2O/c1-5-6-7-8-9-10-11-18(21(22-2,23-3)24-4)14-12-17-13-15-19-20(16-17)25-19;/h17-20H,5-16H2,1-4H3;1H2. The predicted octanol–water partition coefficient (Wildman–Crippen LogP) is 4.47. The molecule has 1 aliphatic carbocycles. The van der Waals surface area contributed by atoms with E-state index in [1.165, 1.54) is 64.2 Å². The molecule has 4 unspecified atom stereocenters. The molecule has 0 aromatic heterocycles. The van der Waals surface area contributed by atoms with Crippen LogP contribution >= 0.6 is 0 Å². The Hall–Kier alpha value is -0.200. The molecule has 4 atom stereocenters. The molecule has 1 saturated carbocycles. The van der Waals surface area contributed by atoms with Crippen molar-refractivity contribution in [3.05, 3.63) is 0 Å². The molecular formula is C21H42O5. The second-order valence-electron chi connectivity index (χ2n) is 7.94. The van der Waals surface area contributed by atoms with Gasteiger partial charge in [-0.3, -0.25) is 0 Å². The van der Waals surface area contributed by atoms with Crippen LogP contribution in [0.1, 0.15) is 84.0 Å². The van der Waals surface area contributed by atoms with Crippen molar-refractivity contribution < 1.29 is 24.4 Å². The fourth-order valence-electron chi connectivity index (χ4n) is 4.60. The fraction of sp³-hybridized carbons (Fsp3) is 1.00. The average Bonchev–Trinajstić information content (AvgIpc) is 3.42. The maximum atomic E-state index is 5.69. The quantitative estimate of drug-likeness (QED) is 0.255. The van der Waals surface area contributed by atoms with Gasteiger partial charge in [0.15, 0.2) is 0 Å². The molecular weight excluding hydrogens is 332 g/mol. The Kier molecular flexibility index (Phi) is 11.3. The molecule has 1 aliphatic heterocycles. The highest BCUT2D eigenvalue weighted by atomic mass is 16.9. The minimum atomic E-state index is -0.892. The summed E-state index contributed by atoms with van der Waals surface area (Å²) in [5, 5.41) is 0. The Labute approximate surface area is 160 Å². The van der Waals surface area contributed by atoms with E-state index in [1.807, 2.05) is 0 Å². The van der Waals surface area contributed by atoms with Crippen LogP contribution in [0.15, 0.2) is 0 Å².